The number of methoxy groups -OCH3 is 1. The molecule has 23 heavy (non-hydrogen) atoms. The molecule has 118 valence electrons. The zero-order valence-electron chi connectivity index (χ0n) is 12.4. The van der Waals surface area contributed by atoms with Gasteiger partial charge < -0.3 is 4.74 Å². The van der Waals surface area contributed by atoms with Crippen LogP contribution in [0.1, 0.15) is 17.2 Å². The molecule has 6 heteroatoms. The lowest BCUT2D eigenvalue weighted by Gasteiger charge is -2.23. The molecule has 0 radical (unpaired) electrons. The molecule has 1 unspecified atom stereocenters. The molecule has 0 amide bonds. The summed E-state index contributed by atoms with van der Waals surface area (Å²) < 4.78 is 5.74. The van der Waals surface area contributed by atoms with E-state index in [1.807, 2.05) is 48.5 Å². The first-order chi connectivity index (χ1) is 11.2. The summed E-state index contributed by atoms with van der Waals surface area (Å²) >= 11 is 9.10. The van der Waals surface area contributed by atoms with Crippen molar-refractivity contribution in [2.45, 2.75) is 16.6 Å². The van der Waals surface area contributed by atoms with E-state index in [0.717, 1.165) is 20.5 Å². The van der Waals surface area contributed by atoms with Crippen LogP contribution in [0.5, 0.6) is 0 Å². The van der Waals surface area contributed by atoms with Crippen molar-refractivity contribution in [2.24, 2.45) is 4.99 Å². The van der Waals surface area contributed by atoms with Gasteiger partial charge in [-0.25, -0.2) is 4.99 Å². The van der Waals surface area contributed by atoms with E-state index in [1.165, 1.54) is 7.11 Å². The molecular weight excluding hydrogens is 350 g/mol. The van der Waals surface area contributed by atoms with Crippen LogP contribution in [-0.2, 0) is 9.53 Å². The van der Waals surface area contributed by atoms with Crippen LogP contribution in [0.15, 0.2) is 58.4 Å². The van der Waals surface area contributed by atoms with Gasteiger partial charge >= 0.3 is 5.97 Å². The van der Waals surface area contributed by atoms with Crippen LogP contribution in [0.3, 0.4) is 0 Å². The number of para-hydroxylation sites is 1. The lowest BCUT2D eigenvalue weighted by molar-refractivity contribution is -0.140. The van der Waals surface area contributed by atoms with Gasteiger partial charge in [0.1, 0.15) is 4.38 Å². The summed E-state index contributed by atoms with van der Waals surface area (Å²) in [6.45, 7) is 0. The summed E-state index contributed by atoms with van der Waals surface area (Å²) in [5, 5.41) is 0.729. The van der Waals surface area contributed by atoms with Crippen LogP contribution in [0, 0.1) is 0 Å². The molecule has 0 N–H and O–H groups in total. The normalized spacial score (nSPS) is 16.4. The van der Waals surface area contributed by atoms with Crippen molar-refractivity contribution in [3.05, 3.63) is 59.1 Å². The lowest BCUT2D eigenvalue weighted by atomic mass is 10.1. The molecule has 0 saturated heterocycles. The van der Waals surface area contributed by atoms with Gasteiger partial charge in [0, 0.05) is 15.2 Å². The quantitative estimate of drug-likeness (QED) is 0.677. The fourth-order valence-corrected chi connectivity index (χ4v) is 4.72. The second-order valence-corrected chi connectivity index (χ2v) is 7.83. The minimum atomic E-state index is -0.213. The number of nitrogens with zero attached hydrogens (tertiary/aromatic N) is 1. The Hall–Kier alpha value is -1.43. The number of hydrogen-bond donors (Lipinski definition) is 0. The molecule has 2 aromatic carbocycles. The highest BCUT2D eigenvalue weighted by atomic mass is 35.5. The fraction of sp³-hybridized carbons (Fsp3) is 0.176. The molecule has 3 rings (SSSR count). The second kappa shape index (κ2) is 7.43. The van der Waals surface area contributed by atoms with Crippen molar-refractivity contribution >= 4 is 51.2 Å². The smallest absolute Gasteiger partial charge is 0.306 e. The van der Waals surface area contributed by atoms with Crippen molar-refractivity contribution in [3.8, 4) is 0 Å². The maximum absolute atomic E-state index is 11.7. The van der Waals surface area contributed by atoms with Crippen molar-refractivity contribution in [2.75, 3.05) is 7.11 Å². The number of esters is 1. The summed E-state index contributed by atoms with van der Waals surface area (Å²) in [7, 11) is 1.42. The molecule has 1 atom stereocenters. The maximum Gasteiger partial charge on any atom is 0.306 e. The number of carbonyl (C=O) groups is 1. The number of hydrogen-bond acceptors (Lipinski definition) is 5. The number of halogens is 1. The van der Waals surface area contributed by atoms with Gasteiger partial charge in [-0.3, -0.25) is 4.79 Å². The Morgan fingerprint density at radius 2 is 2.00 bits per heavy atom. The maximum atomic E-state index is 11.7. The minimum Gasteiger partial charge on any atom is -0.469 e. The van der Waals surface area contributed by atoms with Crippen molar-refractivity contribution in [1.29, 1.82) is 0 Å². The first kappa shape index (κ1) is 16.4. The van der Waals surface area contributed by atoms with E-state index < -0.39 is 0 Å². The van der Waals surface area contributed by atoms with Gasteiger partial charge in [-0.05, 0) is 35.9 Å². The Kier molecular flexibility index (Phi) is 5.30. The summed E-state index contributed by atoms with van der Waals surface area (Å²) in [6, 6.07) is 15.6. The molecule has 1 heterocycles. The van der Waals surface area contributed by atoms with Gasteiger partial charge in [0.2, 0.25) is 0 Å². The highest BCUT2D eigenvalue weighted by molar-refractivity contribution is 8.39. The molecule has 0 spiro atoms. The number of benzene rings is 2. The largest absolute Gasteiger partial charge is 0.469 e. The molecular formula is C17H14ClNO2S2. The molecule has 3 nitrogen and oxygen atoms in total. The first-order valence-electron chi connectivity index (χ1n) is 7.00. The van der Waals surface area contributed by atoms with Crippen LogP contribution in [0.2, 0.25) is 5.02 Å². The molecule has 0 saturated carbocycles. The highest BCUT2D eigenvalue weighted by Crippen LogP contribution is 2.46. The fourth-order valence-electron chi connectivity index (χ4n) is 2.21. The average molecular weight is 364 g/mol. The lowest BCUT2D eigenvalue weighted by Crippen LogP contribution is -2.10. The van der Waals surface area contributed by atoms with Crippen LogP contribution in [0.4, 0.5) is 5.69 Å². The van der Waals surface area contributed by atoms with E-state index >= 15 is 0 Å². The molecule has 2 aromatic rings. The van der Waals surface area contributed by atoms with E-state index in [-0.39, 0.29) is 11.2 Å². The van der Waals surface area contributed by atoms with Gasteiger partial charge in [0.15, 0.2) is 0 Å². The zero-order chi connectivity index (χ0) is 16.2. The Morgan fingerprint density at radius 3 is 2.74 bits per heavy atom. The third-order valence-electron chi connectivity index (χ3n) is 3.34. The Bertz CT molecular complexity index is 747. The summed E-state index contributed by atoms with van der Waals surface area (Å²) in [4.78, 5) is 17.5. The van der Waals surface area contributed by atoms with E-state index in [0.29, 0.717) is 11.4 Å². The Balaban J connectivity index is 1.85. The monoisotopic (exact) mass is 363 g/mol. The van der Waals surface area contributed by atoms with Gasteiger partial charge in [0.05, 0.1) is 19.2 Å². The summed E-state index contributed by atoms with van der Waals surface area (Å²) in [5.41, 5.74) is 1.99. The zero-order valence-corrected chi connectivity index (χ0v) is 14.8. The molecule has 1 aliphatic heterocycles. The van der Waals surface area contributed by atoms with E-state index in [9.17, 15) is 4.79 Å². The van der Waals surface area contributed by atoms with Gasteiger partial charge in [-0.2, -0.15) is 0 Å². The van der Waals surface area contributed by atoms with Crippen LogP contribution in [0.25, 0.3) is 0 Å². The predicted molar refractivity (Wildman–Crippen MR) is 97.8 cm³/mol. The van der Waals surface area contributed by atoms with Crippen molar-refractivity contribution in [3.63, 3.8) is 0 Å². The number of carbonyl (C=O) groups excluding carboxylic acids is 1. The van der Waals surface area contributed by atoms with Crippen LogP contribution < -0.4 is 0 Å². The van der Waals surface area contributed by atoms with E-state index in [2.05, 4.69) is 0 Å². The Labute approximate surface area is 148 Å². The molecule has 1 aliphatic rings. The SMILES string of the molecule is COC(=O)CC1SC(Sc2ccc(Cl)cc2)=Nc2ccccc21. The van der Waals surface area contributed by atoms with E-state index in [1.54, 1.807) is 23.5 Å². The van der Waals surface area contributed by atoms with E-state index in [4.69, 9.17) is 21.3 Å². The number of ether oxygens (including phenoxy) is 1. The van der Waals surface area contributed by atoms with Gasteiger partial charge in [0.25, 0.3) is 0 Å². The third-order valence-corrected chi connectivity index (χ3v) is 5.90. The molecule has 0 aromatic heterocycles. The van der Waals surface area contributed by atoms with Crippen LogP contribution >= 0.6 is 35.1 Å². The highest BCUT2D eigenvalue weighted by Gasteiger charge is 2.26. The predicted octanol–water partition coefficient (Wildman–Crippen LogP) is 5.47. The average Bonchev–Trinajstić information content (AvgIpc) is 2.57. The standard InChI is InChI=1S/C17H14ClNO2S2/c1-21-16(20)10-15-13-4-2-3-5-14(13)19-17(23-15)22-12-8-6-11(18)7-9-12/h2-9,15H,10H2,1H3. The van der Waals surface area contributed by atoms with Crippen LogP contribution in [-0.4, -0.2) is 17.5 Å². The molecule has 0 bridgehead atoms. The summed E-state index contributed by atoms with van der Waals surface area (Å²) in [5.74, 6) is -0.213. The van der Waals surface area contributed by atoms with Gasteiger partial charge in [-0.1, -0.05) is 53.3 Å². The number of aliphatic imine (C=N–C) groups is 1. The summed E-state index contributed by atoms with van der Waals surface area (Å²) in [6.07, 6.45) is 0.332. The minimum absolute atomic E-state index is 0.0194. The third kappa shape index (κ3) is 4.10. The molecule has 0 aliphatic carbocycles. The number of fused-ring (bicyclic) bond motifs is 1. The van der Waals surface area contributed by atoms with Crippen molar-refractivity contribution in [1.82, 2.24) is 0 Å². The van der Waals surface area contributed by atoms with Crippen molar-refractivity contribution < 1.29 is 9.53 Å². The second-order valence-electron chi connectivity index (χ2n) is 4.88. The number of thioether (sulfide) groups is 2. The van der Waals surface area contributed by atoms with Gasteiger partial charge in [-0.15, -0.1) is 0 Å². The molecule has 0 fully saturated rings. The first-order valence-corrected chi connectivity index (χ1v) is 9.07. The number of rotatable bonds is 3. The topological polar surface area (TPSA) is 38.7 Å². The Morgan fingerprint density at radius 1 is 1.26 bits per heavy atom.